The van der Waals surface area contributed by atoms with Crippen molar-refractivity contribution in [3.8, 4) is 6.07 Å². The molecule has 0 aromatic carbocycles. The summed E-state index contributed by atoms with van der Waals surface area (Å²) in [4.78, 5) is 15.0. The van der Waals surface area contributed by atoms with E-state index in [0.29, 0.717) is 49.4 Å². The first-order valence-electron chi connectivity index (χ1n) is 17.0. The monoisotopic (exact) mass is 588 g/mol. The zero-order chi connectivity index (χ0) is 30.2. The number of nitrogens with one attached hydrogen (secondary N) is 4. The lowest BCUT2D eigenvalue weighted by Crippen LogP contribution is -2.66. The minimum atomic E-state index is -0.0928. The minimum absolute atomic E-state index is 0.00478. The van der Waals surface area contributed by atoms with E-state index in [1.807, 2.05) is 21.0 Å². The zero-order valence-electron chi connectivity index (χ0n) is 27.2. The van der Waals surface area contributed by atoms with Crippen LogP contribution in [0.3, 0.4) is 0 Å². The van der Waals surface area contributed by atoms with Gasteiger partial charge in [0.1, 0.15) is 0 Å². The van der Waals surface area contributed by atoms with Gasteiger partial charge in [-0.05, 0) is 103 Å². The highest BCUT2D eigenvalue weighted by molar-refractivity contribution is 5.76. The van der Waals surface area contributed by atoms with Crippen LogP contribution >= 0.6 is 0 Å². The van der Waals surface area contributed by atoms with E-state index in [0.717, 1.165) is 51.8 Å². The largest absolute Gasteiger partial charge is 0.376 e. The van der Waals surface area contributed by atoms with Crippen LogP contribution < -0.4 is 21.3 Å². The van der Waals surface area contributed by atoms with E-state index in [-0.39, 0.29) is 48.1 Å². The van der Waals surface area contributed by atoms with E-state index in [1.54, 1.807) is 0 Å². The summed E-state index contributed by atoms with van der Waals surface area (Å²) in [5, 5.41) is 24.9. The molecular weight excluding hydrogens is 528 g/mol. The van der Waals surface area contributed by atoms with Crippen molar-refractivity contribution in [1.29, 1.82) is 5.26 Å². The Bertz CT molecular complexity index is 870. The molecule has 2 heterocycles. The molecule has 4 rings (SSSR count). The molecule has 9 nitrogen and oxygen atoms in total. The number of hydrogen-bond acceptors (Lipinski definition) is 8. The molecule has 4 aliphatic rings. The Balaban J connectivity index is 1.37. The number of nitriles is 1. The molecule has 0 spiro atoms. The SMILES string of the molecule is CCOC1CC2NCC(C#N)C(NC3CC(C)C(OCC4NCCCC4C)C(C)C3)C2CC1NC(=O)CCCN(C)C. The number of hydrogen-bond donors (Lipinski definition) is 4. The molecule has 2 saturated heterocycles. The Kier molecular flexibility index (Phi) is 12.9. The van der Waals surface area contributed by atoms with Gasteiger partial charge in [0.05, 0.1) is 36.8 Å². The van der Waals surface area contributed by atoms with Crippen LogP contribution in [0, 0.1) is 40.9 Å². The molecule has 0 bridgehead atoms. The van der Waals surface area contributed by atoms with Gasteiger partial charge in [-0.1, -0.05) is 20.8 Å². The third kappa shape index (κ3) is 8.89. The van der Waals surface area contributed by atoms with Crippen molar-refractivity contribution in [3.05, 3.63) is 0 Å². The summed E-state index contributed by atoms with van der Waals surface area (Å²) in [5.74, 6) is 1.88. The first-order valence-corrected chi connectivity index (χ1v) is 17.0. The number of rotatable bonds is 12. The second kappa shape index (κ2) is 16.2. The fourth-order valence-electron chi connectivity index (χ4n) is 8.40. The molecule has 10 atom stereocenters. The number of nitrogens with zero attached hydrogens (tertiary/aromatic N) is 2. The van der Waals surface area contributed by atoms with Gasteiger partial charge in [-0.25, -0.2) is 0 Å². The summed E-state index contributed by atoms with van der Waals surface area (Å²) >= 11 is 0. The van der Waals surface area contributed by atoms with E-state index < -0.39 is 0 Å². The fraction of sp³-hybridized carbons (Fsp3) is 0.939. The Morgan fingerprint density at radius 2 is 1.81 bits per heavy atom. The molecule has 9 heteroatoms. The molecule has 240 valence electrons. The standard InChI is InChI=1S/C33H60N6O3/c1-7-41-30-17-27-26(16-28(30)38-31(40)11-9-13-39(5)6)32(24(18-34)19-36-27)37-25-14-22(3)33(23(4)15-25)42-20-29-21(2)10-8-12-35-29/h21-30,32-33,35-37H,7-17,19-20H2,1-6H3,(H,38,40). The van der Waals surface area contributed by atoms with Gasteiger partial charge in [0, 0.05) is 43.7 Å². The zero-order valence-corrected chi connectivity index (χ0v) is 27.2. The number of piperidine rings is 2. The van der Waals surface area contributed by atoms with Crippen LogP contribution in [0.4, 0.5) is 0 Å². The highest BCUT2D eigenvalue weighted by Gasteiger charge is 2.48. The first-order chi connectivity index (χ1) is 20.2. The van der Waals surface area contributed by atoms with Gasteiger partial charge in [-0.2, -0.15) is 5.26 Å². The van der Waals surface area contributed by atoms with Crippen LogP contribution in [-0.4, -0.2) is 100 Å². The average molecular weight is 589 g/mol. The second-order valence-corrected chi connectivity index (χ2v) is 14.3. The summed E-state index contributed by atoms with van der Waals surface area (Å²) in [6.45, 7) is 13.2. The highest BCUT2D eigenvalue weighted by atomic mass is 16.5. The van der Waals surface area contributed by atoms with Crippen LogP contribution in [0.15, 0.2) is 0 Å². The van der Waals surface area contributed by atoms with Gasteiger partial charge in [-0.3, -0.25) is 4.79 Å². The van der Waals surface area contributed by atoms with Gasteiger partial charge in [0.25, 0.3) is 0 Å². The smallest absolute Gasteiger partial charge is 0.220 e. The summed E-state index contributed by atoms with van der Waals surface area (Å²) < 4.78 is 12.8. The number of carbonyl (C=O) groups excluding carboxylic acids is 1. The number of amides is 1. The second-order valence-electron chi connectivity index (χ2n) is 14.3. The van der Waals surface area contributed by atoms with E-state index >= 15 is 0 Å². The van der Waals surface area contributed by atoms with Crippen LogP contribution in [-0.2, 0) is 14.3 Å². The van der Waals surface area contributed by atoms with E-state index in [1.165, 1.54) is 12.8 Å². The molecule has 10 unspecified atom stereocenters. The summed E-state index contributed by atoms with van der Waals surface area (Å²) in [6.07, 6.45) is 8.01. The van der Waals surface area contributed by atoms with Crippen LogP contribution in [0.1, 0.15) is 79.1 Å². The topological polar surface area (TPSA) is 111 Å². The Labute approximate surface area is 255 Å². The molecule has 0 radical (unpaired) electrons. The molecule has 0 aromatic rings. The minimum Gasteiger partial charge on any atom is -0.376 e. The maximum atomic E-state index is 12.9. The molecule has 2 saturated carbocycles. The van der Waals surface area contributed by atoms with Crippen molar-refractivity contribution < 1.29 is 14.3 Å². The number of carbonyl (C=O) groups is 1. The highest BCUT2D eigenvalue weighted by Crippen LogP contribution is 2.38. The van der Waals surface area contributed by atoms with Gasteiger partial charge >= 0.3 is 0 Å². The van der Waals surface area contributed by atoms with Gasteiger partial charge in [0.2, 0.25) is 5.91 Å². The molecular formula is C33H60N6O3. The summed E-state index contributed by atoms with van der Waals surface area (Å²) in [6, 6.07) is 3.80. The third-order valence-corrected chi connectivity index (χ3v) is 10.6. The predicted octanol–water partition coefficient (Wildman–Crippen LogP) is 2.91. The predicted molar refractivity (Wildman–Crippen MR) is 167 cm³/mol. The molecule has 0 aromatic heterocycles. The third-order valence-electron chi connectivity index (χ3n) is 10.6. The maximum Gasteiger partial charge on any atom is 0.220 e. The molecule has 2 aliphatic carbocycles. The molecule has 4 fully saturated rings. The Hall–Kier alpha value is -1.28. The van der Waals surface area contributed by atoms with Crippen molar-refractivity contribution in [2.24, 2.45) is 29.6 Å². The Morgan fingerprint density at radius 1 is 1.05 bits per heavy atom. The lowest BCUT2D eigenvalue weighted by atomic mass is 9.69. The Morgan fingerprint density at radius 3 is 2.48 bits per heavy atom. The average Bonchev–Trinajstić information content (AvgIpc) is 2.94. The quantitative estimate of drug-likeness (QED) is 0.276. The van der Waals surface area contributed by atoms with Crippen molar-refractivity contribution in [3.63, 3.8) is 0 Å². The van der Waals surface area contributed by atoms with E-state index in [4.69, 9.17) is 9.47 Å². The molecule has 42 heavy (non-hydrogen) atoms. The summed E-state index contributed by atoms with van der Waals surface area (Å²) in [7, 11) is 4.07. The van der Waals surface area contributed by atoms with Crippen molar-refractivity contribution in [2.45, 2.75) is 121 Å². The lowest BCUT2D eigenvalue weighted by molar-refractivity contribution is -0.124. The van der Waals surface area contributed by atoms with Crippen molar-refractivity contribution in [2.75, 3.05) is 46.9 Å². The van der Waals surface area contributed by atoms with Gasteiger partial charge in [-0.15, -0.1) is 0 Å². The van der Waals surface area contributed by atoms with Gasteiger partial charge < -0.3 is 35.6 Å². The first kappa shape index (κ1) is 33.6. The van der Waals surface area contributed by atoms with Crippen molar-refractivity contribution in [1.82, 2.24) is 26.2 Å². The molecule has 1 amide bonds. The number of fused-ring (bicyclic) bond motifs is 1. The normalized spacial score (nSPS) is 40.7. The lowest BCUT2D eigenvalue weighted by Gasteiger charge is -2.51. The molecule has 4 N–H and O–H groups in total. The van der Waals surface area contributed by atoms with E-state index in [9.17, 15) is 10.1 Å². The van der Waals surface area contributed by atoms with Crippen LogP contribution in [0.5, 0.6) is 0 Å². The van der Waals surface area contributed by atoms with Crippen molar-refractivity contribution >= 4 is 5.91 Å². The maximum absolute atomic E-state index is 12.9. The van der Waals surface area contributed by atoms with E-state index in [2.05, 4.69) is 53.0 Å². The molecule has 2 aliphatic heterocycles. The fourth-order valence-corrected chi connectivity index (χ4v) is 8.40. The summed E-state index contributed by atoms with van der Waals surface area (Å²) in [5.41, 5.74) is 0. The number of ether oxygens (including phenoxy) is 2. The van der Waals surface area contributed by atoms with Crippen LogP contribution in [0.2, 0.25) is 0 Å². The van der Waals surface area contributed by atoms with Gasteiger partial charge in [0.15, 0.2) is 0 Å². The van der Waals surface area contributed by atoms with Crippen LogP contribution in [0.25, 0.3) is 0 Å².